The zero-order valence-corrected chi connectivity index (χ0v) is 31.5. The largest absolute Gasteiger partial charge is 0.652 e. The fourth-order valence-electron chi connectivity index (χ4n) is 4.47. The van der Waals surface area contributed by atoms with E-state index in [4.69, 9.17) is 15.0 Å². The molecule has 0 saturated heterocycles. The Balaban J connectivity index is 0.000000156. The Morgan fingerprint density at radius 2 is 0.789 bits per heavy atom. The van der Waals surface area contributed by atoms with Crippen LogP contribution in [0, 0.1) is 0 Å². The lowest BCUT2D eigenvalue weighted by Crippen LogP contribution is -2.37. The lowest BCUT2D eigenvalue weighted by Gasteiger charge is -2.11. The molecule has 0 N–H and O–H groups in total. The third kappa shape index (κ3) is 5.96. The predicted molar refractivity (Wildman–Crippen MR) is 176 cm³/mol. The fraction of sp³-hybridized carbons (Fsp3) is 0.0741. The summed E-state index contributed by atoms with van der Waals surface area (Å²) < 4.78 is 8.75. The van der Waals surface area contributed by atoms with Crippen molar-refractivity contribution in [2.75, 3.05) is 0 Å². The van der Waals surface area contributed by atoms with E-state index in [0.717, 1.165) is 48.6 Å². The van der Waals surface area contributed by atoms with Gasteiger partial charge >= 0.3 is 0 Å². The standard InChI is InChI=1S/2C13H6Br4.CH2O3/c2*14-10-8-5-6-3-1-2-4-7(6)9(8)11(15)13(17)12(10)16;2-1(3)4/h2*1-4H,5H2;(H2,2,3,4)/p-2. The molecule has 4 aromatic rings. The van der Waals surface area contributed by atoms with Crippen molar-refractivity contribution in [3.05, 3.63) is 107 Å². The number of carbonyl (C=O) groups excluding carboxylic acids is 1. The number of benzene rings is 4. The maximum Gasteiger partial charge on any atom is 0.0477 e. The second-order valence-electron chi connectivity index (χ2n) is 8.14. The van der Waals surface area contributed by atoms with Crippen molar-refractivity contribution in [1.29, 1.82) is 0 Å². The molecule has 0 bridgehead atoms. The van der Waals surface area contributed by atoms with Gasteiger partial charge < -0.3 is 15.0 Å². The number of carbonyl (C=O) groups is 1. The number of fused-ring (bicyclic) bond motifs is 6. The highest BCUT2D eigenvalue weighted by molar-refractivity contribution is 9.15. The molecule has 0 aromatic heterocycles. The van der Waals surface area contributed by atoms with Crippen LogP contribution in [0.5, 0.6) is 0 Å². The van der Waals surface area contributed by atoms with Crippen molar-refractivity contribution in [1.82, 2.24) is 0 Å². The number of carboxylic acid groups (broad SMARTS) is 2. The van der Waals surface area contributed by atoms with Crippen LogP contribution in [-0.2, 0) is 12.8 Å². The van der Waals surface area contributed by atoms with Gasteiger partial charge in [-0.3, -0.25) is 0 Å². The van der Waals surface area contributed by atoms with Crippen LogP contribution in [0.1, 0.15) is 22.3 Å². The van der Waals surface area contributed by atoms with Crippen molar-refractivity contribution in [2.24, 2.45) is 0 Å². The molecule has 0 atom stereocenters. The molecule has 0 aliphatic heterocycles. The topological polar surface area (TPSA) is 63.2 Å². The number of hydrogen-bond donors (Lipinski definition) is 0. The van der Waals surface area contributed by atoms with Gasteiger partial charge in [0.1, 0.15) is 0 Å². The molecule has 0 heterocycles. The summed E-state index contributed by atoms with van der Waals surface area (Å²) in [7, 11) is 0. The van der Waals surface area contributed by atoms with Crippen molar-refractivity contribution in [2.45, 2.75) is 12.8 Å². The van der Waals surface area contributed by atoms with E-state index in [1.165, 1.54) is 44.5 Å². The Morgan fingerprint density at radius 1 is 0.500 bits per heavy atom. The highest BCUT2D eigenvalue weighted by Crippen LogP contribution is 2.52. The van der Waals surface area contributed by atoms with Gasteiger partial charge in [-0.2, -0.15) is 0 Å². The Bertz CT molecular complexity index is 1480. The molecule has 0 spiro atoms. The molecule has 38 heavy (non-hydrogen) atoms. The molecule has 4 aromatic carbocycles. The summed E-state index contributed by atoms with van der Waals surface area (Å²) >= 11 is 29.2. The Morgan fingerprint density at radius 3 is 1.13 bits per heavy atom. The minimum absolute atomic E-state index is 0.983. The van der Waals surface area contributed by atoms with Gasteiger partial charge in [0.2, 0.25) is 0 Å². The molecule has 0 fully saturated rings. The van der Waals surface area contributed by atoms with Gasteiger partial charge in [-0.1, -0.05) is 48.5 Å². The van der Waals surface area contributed by atoms with Crippen LogP contribution < -0.4 is 10.2 Å². The third-order valence-corrected chi connectivity index (χ3v) is 15.7. The van der Waals surface area contributed by atoms with Crippen molar-refractivity contribution < 1.29 is 15.0 Å². The molecule has 0 saturated carbocycles. The maximum atomic E-state index is 8.33. The normalized spacial score (nSPS) is 11.8. The van der Waals surface area contributed by atoms with Crippen LogP contribution in [0.3, 0.4) is 0 Å². The van der Waals surface area contributed by atoms with Crippen LogP contribution in [-0.4, -0.2) is 6.16 Å². The van der Waals surface area contributed by atoms with Gasteiger partial charge in [-0.25, -0.2) is 0 Å². The van der Waals surface area contributed by atoms with Crippen LogP contribution >= 0.6 is 127 Å². The molecule has 3 nitrogen and oxygen atoms in total. The summed E-state index contributed by atoms with van der Waals surface area (Å²) in [6, 6.07) is 17.1. The first kappa shape index (κ1) is 30.9. The summed E-state index contributed by atoms with van der Waals surface area (Å²) in [6.45, 7) is 0. The minimum atomic E-state index is -2.33. The monoisotopic (exact) mass is 1020 g/mol. The molecule has 0 unspecified atom stereocenters. The van der Waals surface area contributed by atoms with E-state index >= 15 is 0 Å². The minimum Gasteiger partial charge on any atom is -0.652 e. The SMILES string of the molecule is Brc1c(Br)c(Br)c2c(c1Br)Cc1ccccc1-2.Brc1c(Br)c(Br)c2c(c1Br)Cc1ccccc1-2.O=C([O-])[O-]. The molecule has 196 valence electrons. The highest BCUT2D eigenvalue weighted by atomic mass is 79.9. The number of hydrogen-bond acceptors (Lipinski definition) is 3. The van der Waals surface area contributed by atoms with Crippen LogP contribution in [0.4, 0.5) is 4.79 Å². The van der Waals surface area contributed by atoms with Crippen LogP contribution in [0.2, 0.25) is 0 Å². The van der Waals surface area contributed by atoms with Gasteiger partial charge in [0.25, 0.3) is 0 Å². The zero-order chi connectivity index (χ0) is 27.9. The average molecular weight is 1020 g/mol. The maximum absolute atomic E-state index is 8.33. The summed E-state index contributed by atoms with van der Waals surface area (Å²) in [6.07, 6.45) is -0.368. The third-order valence-electron chi connectivity index (χ3n) is 6.04. The summed E-state index contributed by atoms with van der Waals surface area (Å²) in [5.41, 5.74) is 10.7. The van der Waals surface area contributed by atoms with Crippen LogP contribution in [0.15, 0.2) is 84.3 Å². The quantitative estimate of drug-likeness (QED) is 0.113. The molecule has 2 aliphatic carbocycles. The van der Waals surface area contributed by atoms with Crippen molar-refractivity contribution in [3.8, 4) is 22.3 Å². The van der Waals surface area contributed by atoms with E-state index in [2.05, 4.69) is 176 Å². The van der Waals surface area contributed by atoms with Crippen molar-refractivity contribution in [3.63, 3.8) is 0 Å². The molecule has 0 radical (unpaired) electrons. The Labute approximate surface area is 286 Å². The summed E-state index contributed by atoms with van der Waals surface area (Å²) in [5.74, 6) is 0. The first-order valence-corrected chi connectivity index (χ1v) is 17.0. The van der Waals surface area contributed by atoms with Gasteiger partial charge in [-0.05, 0) is 180 Å². The predicted octanol–water partition coefficient (Wildman–Crippen LogP) is 10.2. The Hall–Kier alpha value is -0.01000. The van der Waals surface area contributed by atoms with E-state index in [9.17, 15) is 0 Å². The lowest BCUT2D eigenvalue weighted by atomic mass is 10.1. The number of halogens is 8. The second-order valence-corrected chi connectivity index (χ2v) is 14.5. The highest BCUT2D eigenvalue weighted by Gasteiger charge is 2.27. The van der Waals surface area contributed by atoms with E-state index < -0.39 is 6.16 Å². The molecule has 0 amide bonds. The van der Waals surface area contributed by atoms with Crippen molar-refractivity contribution >= 4 is 134 Å². The number of rotatable bonds is 0. The van der Waals surface area contributed by atoms with Gasteiger partial charge in [0.15, 0.2) is 0 Å². The summed E-state index contributed by atoms with van der Waals surface area (Å²) in [5, 5.41) is 16.7. The van der Waals surface area contributed by atoms with E-state index in [1.807, 2.05) is 0 Å². The molecular weight excluding hydrogens is 1010 g/mol. The van der Waals surface area contributed by atoms with E-state index in [-0.39, 0.29) is 0 Å². The Kier molecular flexibility index (Phi) is 10.5. The smallest absolute Gasteiger partial charge is 0.0477 e. The first-order valence-electron chi connectivity index (χ1n) is 10.7. The lowest BCUT2D eigenvalue weighted by molar-refractivity contribution is -0.415. The molecule has 6 rings (SSSR count). The van der Waals surface area contributed by atoms with Gasteiger partial charge in [0, 0.05) is 46.9 Å². The summed E-state index contributed by atoms with van der Waals surface area (Å²) in [4.78, 5) is 8.33. The fourth-order valence-corrected chi connectivity index (χ4v) is 9.57. The molecule has 11 heteroatoms. The first-order chi connectivity index (χ1) is 18.0. The van der Waals surface area contributed by atoms with Crippen LogP contribution in [0.25, 0.3) is 22.3 Å². The molecule has 2 aliphatic rings. The van der Waals surface area contributed by atoms with E-state index in [0.29, 0.717) is 0 Å². The zero-order valence-electron chi connectivity index (χ0n) is 18.8. The van der Waals surface area contributed by atoms with Gasteiger partial charge in [0.05, 0.1) is 0 Å². The second kappa shape index (κ2) is 12.9. The van der Waals surface area contributed by atoms with Gasteiger partial charge in [-0.15, -0.1) is 0 Å². The van der Waals surface area contributed by atoms with E-state index in [1.54, 1.807) is 0 Å². The molecular formula is C27H12Br8O3-2. The average Bonchev–Trinajstić information content (AvgIpc) is 3.48.